The fourth-order valence-corrected chi connectivity index (χ4v) is 2.82. The first kappa shape index (κ1) is 17.1. The van der Waals surface area contributed by atoms with Crippen molar-refractivity contribution in [3.05, 3.63) is 47.3 Å². The Morgan fingerprint density at radius 1 is 1.30 bits per heavy atom. The molecule has 0 aliphatic heterocycles. The Labute approximate surface area is 136 Å². The standard InChI is InChI=1S/C16H17NO5S/c1-17-11(9-14(18)19)8-13(22-2)15(17)16(20)10-4-6-12(7-5-10)23(3)21/h4-8H,9H2,1-3H3,(H,18,19). The zero-order valence-corrected chi connectivity index (χ0v) is 13.8. The van der Waals surface area contributed by atoms with E-state index in [0.29, 0.717) is 21.9 Å². The first-order valence-corrected chi connectivity index (χ1v) is 8.33. The fraction of sp³-hybridized carbons (Fsp3) is 0.250. The van der Waals surface area contributed by atoms with Crippen molar-refractivity contribution in [3.63, 3.8) is 0 Å². The van der Waals surface area contributed by atoms with Crippen molar-refractivity contribution in [1.82, 2.24) is 4.57 Å². The highest BCUT2D eigenvalue weighted by atomic mass is 32.2. The van der Waals surface area contributed by atoms with Crippen molar-refractivity contribution in [3.8, 4) is 5.75 Å². The molecule has 2 aromatic rings. The lowest BCUT2D eigenvalue weighted by atomic mass is 10.1. The molecular weight excluding hydrogens is 318 g/mol. The van der Waals surface area contributed by atoms with Crippen LogP contribution in [0.4, 0.5) is 0 Å². The van der Waals surface area contributed by atoms with Crippen LogP contribution in [0.2, 0.25) is 0 Å². The number of ether oxygens (including phenoxy) is 1. The van der Waals surface area contributed by atoms with Crippen LogP contribution in [-0.4, -0.2) is 39.3 Å². The van der Waals surface area contributed by atoms with Crippen LogP contribution in [0, 0.1) is 0 Å². The van der Waals surface area contributed by atoms with Crippen LogP contribution in [0.25, 0.3) is 0 Å². The maximum atomic E-state index is 12.7. The number of carboxylic acids is 1. The second kappa shape index (κ2) is 6.89. The Morgan fingerprint density at radius 2 is 1.91 bits per heavy atom. The zero-order valence-electron chi connectivity index (χ0n) is 13.0. The van der Waals surface area contributed by atoms with Gasteiger partial charge >= 0.3 is 5.97 Å². The molecule has 0 bridgehead atoms. The minimum absolute atomic E-state index is 0.201. The van der Waals surface area contributed by atoms with Gasteiger partial charge in [-0.05, 0) is 35.4 Å². The fourth-order valence-electron chi connectivity index (χ4n) is 2.30. The third-order valence-electron chi connectivity index (χ3n) is 3.51. The van der Waals surface area contributed by atoms with E-state index >= 15 is 0 Å². The van der Waals surface area contributed by atoms with Gasteiger partial charge in [-0.25, -0.2) is 0 Å². The van der Waals surface area contributed by atoms with E-state index in [4.69, 9.17) is 9.84 Å². The molecule has 1 aromatic carbocycles. The Balaban J connectivity index is 2.41. The average Bonchev–Trinajstić information content (AvgIpc) is 2.82. The molecule has 0 spiro atoms. The van der Waals surface area contributed by atoms with Crippen molar-refractivity contribution in [2.45, 2.75) is 11.3 Å². The topological polar surface area (TPSA) is 91.6 Å². The van der Waals surface area contributed by atoms with Crippen LogP contribution < -0.4 is 4.74 Å². The van der Waals surface area contributed by atoms with Gasteiger partial charge in [0.15, 0.2) is 4.90 Å². The summed E-state index contributed by atoms with van der Waals surface area (Å²) in [7, 11) is 3.06. The molecule has 2 rings (SSSR count). The SMILES string of the molecule is COc1cc(CC(=O)O)n(C)c1C(=O)c1ccc([S+](C)[O-])cc1. The van der Waals surface area contributed by atoms with Gasteiger partial charge in [0.2, 0.25) is 5.78 Å². The highest BCUT2D eigenvalue weighted by molar-refractivity contribution is 7.90. The van der Waals surface area contributed by atoms with Crippen molar-refractivity contribution in [1.29, 1.82) is 0 Å². The lowest BCUT2D eigenvalue weighted by molar-refractivity contribution is -0.136. The summed E-state index contributed by atoms with van der Waals surface area (Å²) in [6.45, 7) is 0. The summed E-state index contributed by atoms with van der Waals surface area (Å²) < 4.78 is 18.1. The molecule has 122 valence electrons. The monoisotopic (exact) mass is 335 g/mol. The van der Waals surface area contributed by atoms with Crippen molar-refractivity contribution in [2.75, 3.05) is 13.4 Å². The lowest BCUT2D eigenvalue weighted by Gasteiger charge is -2.08. The number of nitrogens with zero attached hydrogens (tertiary/aromatic N) is 1. The molecule has 0 saturated carbocycles. The second-order valence-electron chi connectivity index (χ2n) is 4.99. The van der Waals surface area contributed by atoms with Crippen molar-refractivity contribution in [2.24, 2.45) is 7.05 Å². The number of carboxylic acid groups (broad SMARTS) is 1. The quantitative estimate of drug-likeness (QED) is 0.640. The lowest BCUT2D eigenvalue weighted by Crippen LogP contribution is -2.12. The van der Waals surface area contributed by atoms with Crippen LogP contribution >= 0.6 is 0 Å². The molecule has 0 amide bonds. The third-order valence-corrected chi connectivity index (χ3v) is 4.45. The summed E-state index contributed by atoms with van der Waals surface area (Å²) in [6, 6.07) is 8.02. The van der Waals surface area contributed by atoms with Crippen LogP contribution in [0.3, 0.4) is 0 Å². The number of ketones is 1. The van der Waals surface area contributed by atoms with E-state index < -0.39 is 17.1 Å². The summed E-state index contributed by atoms with van der Waals surface area (Å²) in [5.41, 5.74) is 1.18. The normalized spacial score (nSPS) is 12.0. The van der Waals surface area contributed by atoms with Crippen LogP contribution in [0.15, 0.2) is 35.2 Å². The number of hydrogen-bond acceptors (Lipinski definition) is 4. The Bertz CT molecular complexity index is 734. The number of carbonyl (C=O) groups excluding carboxylic acids is 1. The molecule has 0 radical (unpaired) electrons. The number of carbonyl (C=O) groups is 2. The number of aromatic nitrogens is 1. The van der Waals surface area contributed by atoms with Crippen LogP contribution in [0.5, 0.6) is 5.75 Å². The highest BCUT2D eigenvalue weighted by Gasteiger charge is 2.22. The van der Waals surface area contributed by atoms with Crippen LogP contribution in [-0.2, 0) is 29.4 Å². The van der Waals surface area contributed by atoms with Gasteiger partial charge in [0.05, 0.1) is 13.5 Å². The molecule has 23 heavy (non-hydrogen) atoms. The molecular formula is C16H17NO5S. The van der Waals surface area contributed by atoms with E-state index in [2.05, 4.69) is 0 Å². The van der Waals surface area contributed by atoms with Crippen molar-refractivity contribution >= 4 is 22.9 Å². The molecule has 0 aliphatic rings. The first-order chi connectivity index (χ1) is 10.8. The predicted molar refractivity (Wildman–Crippen MR) is 85.5 cm³/mol. The smallest absolute Gasteiger partial charge is 0.309 e. The number of rotatable bonds is 6. The third kappa shape index (κ3) is 3.57. The highest BCUT2D eigenvalue weighted by Crippen LogP contribution is 2.26. The molecule has 1 N–H and O–H groups in total. The Hall–Kier alpha value is -2.25. The average molecular weight is 335 g/mol. The van der Waals surface area contributed by atoms with Gasteiger partial charge in [0, 0.05) is 24.4 Å². The number of benzene rings is 1. The van der Waals surface area contributed by atoms with Gasteiger partial charge in [-0.1, -0.05) is 0 Å². The van der Waals surface area contributed by atoms with E-state index in [1.165, 1.54) is 11.7 Å². The summed E-state index contributed by atoms with van der Waals surface area (Å²) in [6.07, 6.45) is 1.36. The van der Waals surface area contributed by atoms with E-state index in [1.807, 2.05) is 0 Å². The van der Waals surface area contributed by atoms with Crippen molar-refractivity contribution < 1.29 is 24.0 Å². The Morgan fingerprint density at radius 3 is 2.39 bits per heavy atom. The van der Waals surface area contributed by atoms with Crippen LogP contribution in [0.1, 0.15) is 21.7 Å². The summed E-state index contributed by atoms with van der Waals surface area (Å²) in [5.74, 6) is -0.937. The number of methoxy groups -OCH3 is 1. The predicted octanol–water partition coefficient (Wildman–Crippen LogP) is 1.63. The zero-order chi connectivity index (χ0) is 17.1. The largest absolute Gasteiger partial charge is 0.612 e. The van der Waals surface area contributed by atoms with Gasteiger partial charge < -0.3 is 19.0 Å². The summed E-state index contributed by atoms with van der Waals surface area (Å²) >= 11 is -1.11. The molecule has 0 saturated heterocycles. The van der Waals surface area contributed by atoms with E-state index in [1.54, 1.807) is 43.6 Å². The maximum absolute atomic E-state index is 12.7. The van der Waals surface area contributed by atoms with E-state index in [0.717, 1.165) is 0 Å². The van der Waals surface area contributed by atoms with E-state index in [-0.39, 0.29) is 17.9 Å². The Kier molecular flexibility index (Phi) is 5.12. The minimum atomic E-state index is -1.11. The molecule has 1 unspecified atom stereocenters. The van der Waals surface area contributed by atoms with Gasteiger partial charge in [0.25, 0.3) is 0 Å². The number of hydrogen-bond donors (Lipinski definition) is 1. The molecule has 0 fully saturated rings. The molecule has 1 aromatic heterocycles. The minimum Gasteiger partial charge on any atom is -0.612 e. The first-order valence-electron chi connectivity index (χ1n) is 6.77. The number of aliphatic carboxylic acids is 1. The van der Waals surface area contributed by atoms with Gasteiger partial charge in [-0.2, -0.15) is 0 Å². The van der Waals surface area contributed by atoms with Gasteiger partial charge in [-0.15, -0.1) is 0 Å². The molecule has 6 nitrogen and oxygen atoms in total. The molecule has 0 aliphatic carbocycles. The second-order valence-corrected chi connectivity index (χ2v) is 6.37. The van der Waals surface area contributed by atoms with Gasteiger partial charge in [0.1, 0.15) is 17.7 Å². The summed E-state index contributed by atoms with van der Waals surface area (Å²) in [5, 5.41) is 8.93. The van der Waals surface area contributed by atoms with Gasteiger partial charge in [-0.3, -0.25) is 9.59 Å². The summed E-state index contributed by atoms with van der Waals surface area (Å²) in [4.78, 5) is 24.2. The maximum Gasteiger partial charge on any atom is 0.309 e. The molecule has 1 atom stereocenters. The molecule has 1 heterocycles. The van der Waals surface area contributed by atoms with E-state index in [9.17, 15) is 14.1 Å². The molecule has 7 heteroatoms.